The summed E-state index contributed by atoms with van der Waals surface area (Å²) in [5, 5.41) is 7.91. The molecule has 2 heterocycles. The van der Waals surface area contributed by atoms with Crippen molar-refractivity contribution in [3.05, 3.63) is 47.8 Å². The first kappa shape index (κ1) is 13.1. The fraction of sp³-hybridized carbons (Fsp3) is 0.250. The number of benzene rings is 1. The third-order valence-corrected chi connectivity index (χ3v) is 3.70. The third kappa shape index (κ3) is 2.26. The Balaban J connectivity index is 1.71. The van der Waals surface area contributed by atoms with Crippen LogP contribution in [-0.4, -0.2) is 20.2 Å². The predicted molar refractivity (Wildman–Crippen MR) is 77.4 cm³/mol. The minimum absolute atomic E-state index is 0.152. The number of aryl methyl sites for hydroxylation is 1. The van der Waals surface area contributed by atoms with Crippen molar-refractivity contribution in [3.8, 4) is 22.9 Å². The zero-order valence-electron chi connectivity index (χ0n) is 12.0. The van der Waals surface area contributed by atoms with Gasteiger partial charge in [-0.1, -0.05) is 12.1 Å². The lowest BCUT2D eigenvalue weighted by Crippen LogP contribution is -1.97. The van der Waals surface area contributed by atoms with E-state index in [0.29, 0.717) is 17.4 Å². The van der Waals surface area contributed by atoms with Gasteiger partial charge in [-0.15, -0.1) is 10.2 Å². The van der Waals surface area contributed by atoms with E-state index in [1.807, 2.05) is 6.92 Å². The summed E-state index contributed by atoms with van der Waals surface area (Å²) in [6.07, 6.45) is 4.00. The van der Waals surface area contributed by atoms with E-state index in [4.69, 9.17) is 4.42 Å². The predicted octanol–water partition coefficient (Wildman–Crippen LogP) is 3.52. The van der Waals surface area contributed by atoms with Crippen molar-refractivity contribution in [1.29, 1.82) is 0 Å². The Morgan fingerprint density at radius 1 is 1.09 bits per heavy atom. The van der Waals surface area contributed by atoms with Crippen LogP contribution < -0.4 is 0 Å². The van der Waals surface area contributed by atoms with Gasteiger partial charge in [0, 0.05) is 12.1 Å². The average Bonchev–Trinajstić information content (AvgIpc) is 3.26. The molecule has 1 fully saturated rings. The van der Waals surface area contributed by atoms with Crippen LogP contribution in [0, 0.1) is 12.7 Å². The highest BCUT2D eigenvalue weighted by molar-refractivity contribution is 5.59. The van der Waals surface area contributed by atoms with Crippen LogP contribution in [0.2, 0.25) is 0 Å². The van der Waals surface area contributed by atoms with Crippen LogP contribution in [-0.2, 0) is 0 Å². The van der Waals surface area contributed by atoms with Crippen molar-refractivity contribution in [1.82, 2.24) is 20.2 Å². The quantitative estimate of drug-likeness (QED) is 0.740. The molecule has 1 aliphatic rings. The first-order valence-electron chi connectivity index (χ1n) is 7.14. The number of halogens is 1. The molecule has 0 spiro atoms. The summed E-state index contributed by atoms with van der Waals surface area (Å²) in [5.74, 6) is 1.42. The fourth-order valence-corrected chi connectivity index (χ4v) is 2.31. The number of nitrogens with zero attached hydrogens (tertiary/aromatic N) is 4. The third-order valence-electron chi connectivity index (χ3n) is 3.70. The van der Waals surface area contributed by atoms with Crippen molar-refractivity contribution < 1.29 is 8.81 Å². The molecule has 5 nitrogen and oxygen atoms in total. The van der Waals surface area contributed by atoms with Crippen molar-refractivity contribution >= 4 is 0 Å². The zero-order valence-corrected chi connectivity index (χ0v) is 12.0. The molecule has 0 N–H and O–H groups in total. The van der Waals surface area contributed by atoms with Crippen LogP contribution in [0.15, 0.2) is 34.9 Å². The van der Waals surface area contributed by atoms with E-state index < -0.39 is 5.82 Å². The lowest BCUT2D eigenvalue weighted by atomic mass is 10.2. The second-order valence-corrected chi connectivity index (χ2v) is 5.39. The zero-order chi connectivity index (χ0) is 15.1. The first-order chi connectivity index (χ1) is 10.7. The number of aromatic nitrogens is 4. The summed E-state index contributed by atoms with van der Waals surface area (Å²) in [6, 6.07) is 6.30. The van der Waals surface area contributed by atoms with E-state index in [-0.39, 0.29) is 11.5 Å². The molecule has 0 amide bonds. The second kappa shape index (κ2) is 4.98. The Labute approximate surface area is 126 Å². The molecule has 3 aromatic rings. The summed E-state index contributed by atoms with van der Waals surface area (Å²) < 4.78 is 19.4. The van der Waals surface area contributed by atoms with Gasteiger partial charge in [0.1, 0.15) is 11.6 Å². The second-order valence-electron chi connectivity index (χ2n) is 5.39. The molecule has 1 saturated carbocycles. The smallest absolute Gasteiger partial charge is 0.251 e. The van der Waals surface area contributed by atoms with E-state index in [1.54, 1.807) is 24.4 Å². The Hall–Kier alpha value is -2.63. The molecule has 110 valence electrons. The maximum absolute atomic E-state index is 13.8. The standard InChI is InChI=1S/C16H13FN4O/c1-9-12(8-18-14(19-9)10-6-7-10)16-21-20-15(22-16)11-4-2-3-5-13(11)17/h2-5,8,10H,6-7H2,1H3. The fourth-order valence-electron chi connectivity index (χ4n) is 2.31. The normalized spacial score (nSPS) is 14.3. The molecule has 0 bridgehead atoms. The van der Waals surface area contributed by atoms with Crippen molar-refractivity contribution in [3.63, 3.8) is 0 Å². The highest BCUT2D eigenvalue weighted by Crippen LogP contribution is 2.38. The maximum Gasteiger partial charge on any atom is 0.251 e. The van der Waals surface area contributed by atoms with Gasteiger partial charge in [0.2, 0.25) is 0 Å². The molecule has 0 atom stereocenters. The largest absolute Gasteiger partial charge is 0.416 e. The molecule has 2 aromatic heterocycles. The van der Waals surface area contributed by atoms with Gasteiger partial charge < -0.3 is 4.42 Å². The lowest BCUT2D eigenvalue weighted by Gasteiger charge is -2.02. The van der Waals surface area contributed by atoms with Crippen molar-refractivity contribution in [2.24, 2.45) is 0 Å². The van der Waals surface area contributed by atoms with Gasteiger partial charge in [0.15, 0.2) is 0 Å². The molecule has 6 heteroatoms. The van der Waals surface area contributed by atoms with Gasteiger partial charge in [-0.2, -0.15) is 0 Å². The van der Waals surface area contributed by atoms with Crippen molar-refractivity contribution in [2.45, 2.75) is 25.7 Å². The summed E-state index contributed by atoms with van der Waals surface area (Å²) in [7, 11) is 0. The van der Waals surface area contributed by atoms with Crippen molar-refractivity contribution in [2.75, 3.05) is 0 Å². The number of hydrogen-bond donors (Lipinski definition) is 0. The molecule has 1 aliphatic carbocycles. The molecular weight excluding hydrogens is 283 g/mol. The number of rotatable bonds is 3. The molecule has 1 aromatic carbocycles. The van der Waals surface area contributed by atoms with E-state index in [9.17, 15) is 4.39 Å². The van der Waals surface area contributed by atoms with E-state index in [2.05, 4.69) is 20.2 Å². The molecular formula is C16H13FN4O. The van der Waals surface area contributed by atoms with Gasteiger partial charge in [-0.3, -0.25) is 0 Å². The maximum atomic E-state index is 13.8. The molecule has 22 heavy (non-hydrogen) atoms. The lowest BCUT2D eigenvalue weighted by molar-refractivity contribution is 0.569. The number of hydrogen-bond acceptors (Lipinski definition) is 5. The van der Waals surface area contributed by atoms with Crippen LogP contribution >= 0.6 is 0 Å². The van der Waals surface area contributed by atoms with E-state index in [0.717, 1.165) is 24.4 Å². The molecule has 0 aliphatic heterocycles. The minimum Gasteiger partial charge on any atom is -0.416 e. The van der Waals surface area contributed by atoms with E-state index in [1.165, 1.54) is 6.07 Å². The van der Waals surface area contributed by atoms with Crippen LogP contribution in [0.3, 0.4) is 0 Å². The van der Waals surface area contributed by atoms with Crippen LogP contribution in [0.1, 0.15) is 30.3 Å². The van der Waals surface area contributed by atoms with E-state index >= 15 is 0 Å². The van der Waals surface area contributed by atoms with Gasteiger partial charge in [-0.25, -0.2) is 14.4 Å². The monoisotopic (exact) mass is 296 g/mol. The van der Waals surface area contributed by atoms with Crippen LogP contribution in [0.5, 0.6) is 0 Å². The van der Waals surface area contributed by atoms with Gasteiger partial charge in [-0.05, 0) is 31.9 Å². The highest BCUT2D eigenvalue weighted by Gasteiger charge is 2.27. The van der Waals surface area contributed by atoms with Gasteiger partial charge in [0.05, 0.1) is 16.8 Å². The first-order valence-corrected chi connectivity index (χ1v) is 7.14. The highest BCUT2D eigenvalue weighted by atomic mass is 19.1. The van der Waals surface area contributed by atoms with Crippen LogP contribution in [0.4, 0.5) is 4.39 Å². The molecule has 4 rings (SSSR count). The Bertz CT molecular complexity index is 842. The molecule has 0 unspecified atom stereocenters. The minimum atomic E-state index is -0.394. The summed E-state index contributed by atoms with van der Waals surface area (Å²) in [5.41, 5.74) is 1.76. The van der Waals surface area contributed by atoms with Gasteiger partial charge >= 0.3 is 0 Å². The SMILES string of the molecule is Cc1nc(C2CC2)ncc1-c1nnc(-c2ccccc2F)o1. The summed E-state index contributed by atoms with van der Waals surface area (Å²) in [4.78, 5) is 8.86. The van der Waals surface area contributed by atoms with Crippen LogP contribution in [0.25, 0.3) is 22.9 Å². The Morgan fingerprint density at radius 3 is 2.50 bits per heavy atom. The Morgan fingerprint density at radius 2 is 1.82 bits per heavy atom. The summed E-state index contributed by atoms with van der Waals surface area (Å²) in [6.45, 7) is 1.88. The molecule has 0 saturated heterocycles. The summed E-state index contributed by atoms with van der Waals surface area (Å²) >= 11 is 0. The van der Waals surface area contributed by atoms with Gasteiger partial charge in [0.25, 0.3) is 11.8 Å². The molecule has 0 radical (unpaired) electrons. The topological polar surface area (TPSA) is 64.7 Å². The Kier molecular flexibility index (Phi) is 2.96. The average molecular weight is 296 g/mol.